The molecule has 1 unspecified atom stereocenters. The first kappa shape index (κ1) is 18.5. The monoisotopic (exact) mass is 381 g/mol. The lowest BCUT2D eigenvalue weighted by Crippen LogP contribution is -2.19. The van der Waals surface area contributed by atoms with E-state index >= 15 is 0 Å². The maximum Gasteiger partial charge on any atom is 0.247 e. The molecule has 0 radical (unpaired) electrons. The van der Waals surface area contributed by atoms with Crippen LogP contribution in [0.15, 0.2) is 59.7 Å². The molecule has 3 rings (SSSR count). The molecule has 27 heavy (non-hydrogen) atoms. The number of nitrogens with one attached hydrogen (secondary N) is 1. The van der Waals surface area contributed by atoms with Crippen molar-refractivity contribution in [3.63, 3.8) is 0 Å². The van der Waals surface area contributed by atoms with Gasteiger partial charge in [0.25, 0.3) is 0 Å². The molecular formula is C19H19N5O2S. The van der Waals surface area contributed by atoms with E-state index in [2.05, 4.69) is 20.7 Å². The lowest BCUT2D eigenvalue weighted by molar-refractivity contribution is -0.120. The fraction of sp³-hybridized carbons (Fsp3) is 0.158. The standard InChI is InChI=1S/C19H19N5O2S/c1-13(15-5-3-2-4-6-15)26-16-9-7-14(8-10-16)12-21-22-17(25)11-18-23-24-19(20)27-18/h2-10,12-13H,11H2,1H3,(H2,20,24)(H,22,25)/b21-12+. The van der Waals surface area contributed by atoms with Gasteiger partial charge in [-0.15, -0.1) is 10.2 Å². The zero-order valence-corrected chi connectivity index (χ0v) is 15.5. The second-order valence-corrected chi connectivity index (χ2v) is 6.84. The third-order valence-electron chi connectivity index (χ3n) is 3.66. The van der Waals surface area contributed by atoms with Crippen molar-refractivity contribution in [1.29, 1.82) is 0 Å². The molecule has 7 nitrogen and oxygen atoms in total. The summed E-state index contributed by atoms with van der Waals surface area (Å²) >= 11 is 1.18. The number of hydrazone groups is 1. The maximum atomic E-state index is 11.8. The minimum absolute atomic E-state index is 0.0422. The first-order valence-corrected chi connectivity index (χ1v) is 9.13. The Morgan fingerprint density at radius 3 is 2.63 bits per heavy atom. The van der Waals surface area contributed by atoms with Gasteiger partial charge in [0.05, 0.1) is 12.6 Å². The highest BCUT2D eigenvalue weighted by Gasteiger charge is 2.08. The summed E-state index contributed by atoms with van der Waals surface area (Å²) < 4.78 is 5.93. The average Bonchev–Trinajstić information content (AvgIpc) is 3.08. The van der Waals surface area contributed by atoms with Crippen molar-refractivity contribution in [2.45, 2.75) is 19.4 Å². The lowest BCUT2D eigenvalue weighted by Gasteiger charge is -2.15. The summed E-state index contributed by atoms with van der Waals surface area (Å²) in [5.41, 5.74) is 9.89. The molecule has 0 aliphatic heterocycles. The number of nitrogens with two attached hydrogens (primary N) is 1. The fourth-order valence-corrected chi connectivity index (χ4v) is 2.93. The maximum absolute atomic E-state index is 11.8. The molecule has 3 N–H and O–H groups in total. The van der Waals surface area contributed by atoms with Crippen molar-refractivity contribution >= 4 is 28.6 Å². The van der Waals surface area contributed by atoms with Crippen molar-refractivity contribution in [3.05, 3.63) is 70.7 Å². The highest BCUT2D eigenvalue weighted by Crippen LogP contribution is 2.21. The van der Waals surface area contributed by atoms with Gasteiger partial charge in [-0.1, -0.05) is 41.7 Å². The minimum atomic E-state index is -0.279. The summed E-state index contributed by atoms with van der Waals surface area (Å²) in [6.07, 6.45) is 1.62. The van der Waals surface area contributed by atoms with Crippen molar-refractivity contribution in [1.82, 2.24) is 15.6 Å². The molecule has 3 aromatic rings. The van der Waals surface area contributed by atoms with Gasteiger partial charge in [0.1, 0.15) is 16.9 Å². The highest BCUT2D eigenvalue weighted by atomic mass is 32.1. The second kappa shape index (κ2) is 8.91. The number of nitrogen functional groups attached to an aromatic ring is 1. The van der Waals surface area contributed by atoms with Crippen LogP contribution in [0.3, 0.4) is 0 Å². The molecule has 0 spiro atoms. The zero-order chi connectivity index (χ0) is 19.1. The number of rotatable bonds is 7. The van der Waals surface area contributed by atoms with E-state index in [1.807, 2.05) is 61.5 Å². The van der Waals surface area contributed by atoms with Crippen LogP contribution < -0.4 is 15.9 Å². The summed E-state index contributed by atoms with van der Waals surface area (Å²) in [7, 11) is 0. The van der Waals surface area contributed by atoms with Gasteiger partial charge in [0.15, 0.2) is 0 Å². The molecule has 0 bridgehead atoms. The van der Waals surface area contributed by atoms with Crippen LogP contribution in [0.5, 0.6) is 5.75 Å². The van der Waals surface area contributed by atoms with Crippen LogP contribution in [-0.2, 0) is 11.2 Å². The highest BCUT2D eigenvalue weighted by molar-refractivity contribution is 7.15. The smallest absolute Gasteiger partial charge is 0.247 e. The summed E-state index contributed by atoms with van der Waals surface area (Å²) in [6, 6.07) is 17.5. The predicted octanol–water partition coefficient (Wildman–Crippen LogP) is 2.95. The average molecular weight is 381 g/mol. The normalized spacial score (nSPS) is 12.0. The number of carbonyl (C=O) groups is 1. The zero-order valence-electron chi connectivity index (χ0n) is 14.7. The number of anilines is 1. The molecule has 8 heteroatoms. The molecule has 1 atom stereocenters. The molecule has 0 fully saturated rings. The third-order valence-corrected chi connectivity index (χ3v) is 4.41. The number of ether oxygens (including phenoxy) is 1. The molecular weight excluding hydrogens is 362 g/mol. The van der Waals surface area contributed by atoms with Crippen LogP contribution >= 0.6 is 11.3 Å². The van der Waals surface area contributed by atoms with Gasteiger partial charge < -0.3 is 10.5 Å². The number of amides is 1. The van der Waals surface area contributed by atoms with Crippen LogP contribution in [0.25, 0.3) is 0 Å². The van der Waals surface area contributed by atoms with Crippen molar-refractivity contribution < 1.29 is 9.53 Å². The predicted molar refractivity (Wildman–Crippen MR) is 106 cm³/mol. The summed E-state index contributed by atoms with van der Waals surface area (Å²) in [6.45, 7) is 2.01. The van der Waals surface area contributed by atoms with E-state index in [9.17, 15) is 4.79 Å². The van der Waals surface area contributed by atoms with Crippen LogP contribution in [0, 0.1) is 0 Å². The Morgan fingerprint density at radius 1 is 1.22 bits per heavy atom. The molecule has 138 valence electrons. The Kier molecular flexibility index (Phi) is 6.11. The van der Waals surface area contributed by atoms with Gasteiger partial charge in [0, 0.05) is 0 Å². The van der Waals surface area contributed by atoms with Crippen LogP contribution in [-0.4, -0.2) is 22.3 Å². The topological polar surface area (TPSA) is 102 Å². The van der Waals surface area contributed by atoms with Crippen molar-refractivity contribution in [2.24, 2.45) is 5.10 Å². The van der Waals surface area contributed by atoms with Gasteiger partial charge in [-0.25, -0.2) is 5.43 Å². The van der Waals surface area contributed by atoms with Crippen LogP contribution in [0.4, 0.5) is 5.13 Å². The van der Waals surface area contributed by atoms with E-state index in [0.717, 1.165) is 16.9 Å². The van der Waals surface area contributed by atoms with Crippen LogP contribution in [0.1, 0.15) is 29.2 Å². The number of benzene rings is 2. The molecule has 0 aliphatic carbocycles. The minimum Gasteiger partial charge on any atom is -0.486 e. The Labute approximate surface area is 160 Å². The van der Waals surface area contributed by atoms with Crippen LogP contribution in [0.2, 0.25) is 0 Å². The summed E-state index contributed by atoms with van der Waals surface area (Å²) in [5, 5.41) is 12.3. The van der Waals surface area contributed by atoms with Crippen molar-refractivity contribution in [2.75, 3.05) is 5.73 Å². The Balaban J connectivity index is 1.49. The Morgan fingerprint density at radius 2 is 1.96 bits per heavy atom. The first-order valence-electron chi connectivity index (χ1n) is 8.31. The molecule has 0 saturated carbocycles. The van der Waals surface area contributed by atoms with Gasteiger partial charge in [-0.05, 0) is 42.3 Å². The van der Waals surface area contributed by atoms with Gasteiger partial charge in [-0.3, -0.25) is 4.79 Å². The SMILES string of the molecule is CC(Oc1ccc(/C=N/NC(=O)Cc2nnc(N)s2)cc1)c1ccccc1. The molecule has 1 amide bonds. The molecule has 1 aromatic heterocycles. The number of carbonyl (C=O) groups excluding carboxylic acids is 1. The summed E-state index contributed by atoms with van der Waals surface area (Å²) in [4.78, 5) is 11.8. The van der Waals surface area contributed by atoms with E-state index in [4.69, 9.17) is 10.5 Å². The summed E-state index contributed by atoms with van der Waals surface area (Å²) in [5.74, 6) is 0.487. The number of nitrogens with zero attached hydrogens (tertiary/aromatic N) is 3. The molecule has 0 aliphatic rings. The number of aromatic nitrogens is 2. The Hall–Kier alpha value is -3.26. The van der Waals surface area contributed by atoms with E-state index < -0.39 is 0 Å². The second-order valence-electron chi connectivity index (χ2n) is 5.74. The molecule has 2 aromatic carbocycles. The molecule has 0 saturated heterocycles. The quantitative estimate of drug-likeness (QED) is 0.484. The van der Waals surface area contributed by atoms with Crippen molar-refractivity contribution in [3.8, 4) is 5.75 Å². The van der Waals surface area contributed by atoms with Gasteiger partial charge >= 0.3 is 0 Å². The fourth-order valence-electron chi connectivity index (χ4n) is 2.32. The van der Waals surface area contributed by atoms with E-state index in [1.165, 1.54) is 11.3 Å². The lowest BCUT2D eigenvalue weighted by atomic mass is 10.1. The van der Waals surface area contributed by atoms with Gasteiger partial charge in [0.2, 0.25) is 11.0 Å². The van der Waals surface area contributed by atoms with E-state index in [-0.39, 0.29) is 18.4 Å². The third kappa shape index (κ3) is 5.61. The number of hydrogen-bond acceptors (Lipinski definition) is 7. The first-order chi connectivity index (χ1) is 13.1. The van der Waals surface area contributed by atoms with Gasteiger partial charge in [-0.2, -0.15) is 5.10 Å². The number of hydrogen-bond donors (Lipinski definition) is 2. The van der Waals surface area contributed by atoms with E-state index in [1.54, 1.807) is 6.21 Å². The largest absolute Gasteiger partial charge is 0.486 e. The van der Waals surface area contributed by atoms with E-state index in [0.29, 0.717) is 10.1 Å². The Bertz CT molecular complexity index is 909. The molecule has 1 heterocycles.